The first-order valence-corrected chi connectivity index (χ1v) is 4.02. The molecule has 0 aromatic carbocycles. The first-order valence-electron chi connectivity index (χ1n) is 2.89. The summed E-state index contributed by atoms with van der Waals surface area (Å²) >= 11 is 2.96. The molecule has 0 radical (unpaired) electrons. The van der Waals surface area contributed by atoms with Gasteiger partial charge in [0.25, 0.3) is 0 Å². The fourth-order valence-electron chi connectivity index (χ4n) is 0.193. The summed E-state index contributed by atoms with van der Waals surface area (Å²) in [5.41, 5.74) is 0. The van der Waals surface area contributed by atoms with Crippen LogP contribution < -0.4 is 23.9 Å². The zero-order valence-electron chi connectivity index (χ0n) is 7.34. The summed E-state index contributed by atoms with van der Waals surface area (Å²) in [6, 6.07) is 0. The number of hydrogen-bond acceptors (Lipinski definition) is 6. The number of carboxylic acids is 1. The van der Waals surface area contributed by atoms with Crippen LogP contribution in [-0.4, -0.2) is 46.4 Å². The van der Waals surface area contributed by atoms with Crippen molar-refractivity contribution < 1.29 is 53.4 Å². The van der Waals surface area contributed by atoms with Gasteiger partial charge in [0.05, 0.1) is 0 Å². The third-order valence-corrected chi connectivity index (χ3v) is 0.809. The number of carboxylic acid groups (broad SMARTS) is 1. The number of halogens is 1. The summed E-state index contributed by atoms with van der Waals surface area (Å²) in [5.74, 6) is -2.77. The molecule has 0 saturated carbocycles. The van der Waals surface area contributed by atoms with Crippen LogP contribution in [0.15, 0.2) is 0 Å². The van der Waals surface area contributed by atoms with Gasteiger partial charge in [-0.25, -0.2) is 9.59 Å². The Morgan fingerprint density at radius 3 is 2.00 bits per heavy atom. The molecule has 0 aliphatic rings. The maximum Gasteiger partial charge on any atom is 1.00 e. The fourth-order valence-corrected chi connectivity index (χ4v) is 0.355. The monoisotopic (exact) mass is 264 g/mol. The molecule has 3 N–H and O–H groups in total. The molecule has 0 fully saturated rings. The maximum atomic E-state index is 10.1. The molecule has 0 aromatic heterocycles. The van der Waals surface area contributed by atoms with Crippen LogP contribution in [-0.2, 0) is 14.3 Å². The Labute approximate surface area is 101 Å². The van der Waals surface area contributed by atoms with E-state index in [1.54, 1.807) is 0 Å². The Bertz CT molecular complexity index is 163. The van der Waals surface area contributed by atoms with Crippen LogP contribution >= 0.6 is 15.9 Å². The number of rotatable bonds is 2. The molecule has 0 spiro atoms. The molecule has 0 aliphatic heterocycles. The van der Waals surface area contributed by atoms with Crippen molar-refractivity contribution in [2.45, 2.75) is 0 Å². The standard InChI is InChI=1S/C4H5BrO4.BH2O3.Li/c5-1-2-9-4(8)3(6)7;2-1(3)4;/h1-2H2,(H,6,7);2-3H;/q;-1;+1. The number of aliphatic carboxylic acids is 1. The fraction of sp³-hybridized carbons (Fsp3) is 0.500. The SMILES string of the molecule is O=C(O)C(=O)OCCBr.[Li+].[O-]B(O)O. The van der Waals surface area contributed by atoms with E-state index in [1.807, 2.05) is 0 Å². The molecule has 0 rings (SSSR count). The summed E-state index contributed by atoms with van der Waals surface area (Å²) in [6.07, 6.45) is 0. The topological polar surface area (TPSA) is 127 Å². The zero-order valence-corrected chi connectivity index (χ0v) is 8.93. The molecule has 0 saturated heterocycles. The normalized spacial score (nSPS) is 7.43. The quantitative estimate of drug-likeness (QED) is 0.196. The summed E-state index contributed by atoms with van der Waals surface area (Å²) in [5, 5.41) is 31.1. The molecular weight excluding hydrogens is 258 g/mol. The number of alkyl halides is 1. The van der Waals surface area contributed by atoms with Crippen molar-refractivity contribution in [1.29, 1.82) is 0 Å². The number of hydrogen-bond donors (Lipinski definition) is 3. The van der Waals surface area contributed by atoms with E-state index in [0.29, 0.717) is 5.33 Å². The molecule has 0 atom stereocenters. The second kappa shape index (κ2) is 13.0. The average Bonchev–Trinajstić information content (AvgIpc) is 1.98. The van der Waals surface area contributed by atoms with E-state index in [2.05, 4.69) is 20.7 Å². The van der Waals surface area contributed by atoms with Crippen LogP contribution in [0, 0.1) is 0 Å². The number of esters is 1. The van der Waals surface area contributed by atoms with Gasteiger partial charge in [-0.2, -0.15) is 0 Å². The second-order valence-corrected chi connectivity index (χ2v) is 2.25. The summed E-state index contributed by atoms with van der Waals surface area (Å²) in [4.78, 5) is 19.8. The Hall–Kier alpha value is -0.0377. The van der Waals surface area contributed by atoms with Crippen LogP contribution in [0.1, 0.15) is 0 Å². The molecule has 0 aliphatic carbocycles. The Morgan fingerprint density at radius 2 is 1.79 bits per heavy atom. The van der Waals surface area contributed by atoms with Gasteiger partial charge in [0, 0.05) is 5.33 Å². The van der Waals surface area contributed by atoms with Crippen molar-refractivity contribution in [3.63, 3.8) is 0 Å². The predicted octanol–water partition coefficient (Wildman–Crippen LogP) is -5.67. The van der Waals surface area contributed by atoms with Crippen molar-refractivity contribution in [2.24, 2.45) is 0 Å². The van der Waals surface area contributed by atoms with Gasteiger partial charge < -0.3 is 24.9 Å². The molecule has 0 bridgehead atoms. The van der Waals surface area contributed by atoms with Crippen LogP contribution in [0.4, 0.5) is 0 Å². The third-order valence-electron chi connectivity index (χ3n) is 0.485. The van der Waals surface area contributed by atoms with E-state index in [0.717, 1.165) is 0 Å². The van der Waals surface area contributed by atoms with Gasteiger partial charge in [-0.3, -0.25) is 0 Å². The Morgan fingerprint density at radius 1 is 1.43 bits per heavy atom. The molecule has 14 heavy (non-hydrogen) atoms. The minimum atomic E-state index is -2.42. The zero-order chi connectivity index (χ0) is 10.9. The van der Waals surface area contributed by atoms with E-state index >= 15 is 0 Å². The average molecular weight is 265 g/mol. The largest absolute Gasteiger partial charge is 1.00 e. The van der Waals surface area contributed by atoms with E-state index in [-0.39, 0.29) is 25.5 Å². The van der Waals surface area contributed by atoms with Crippen LogP contribution in [0.5, 0.6) is 0 Å². The minimum absolute atomic E-state index is 0. The van der Waals surface area contributed by atoms with E-state index < -0.39 is 19.3 Å². The van der Waals surface area contributed by atoms with Gasteiger partial charge >= 0.3 is 38.1 Å². The van der Waals surface area contributed by atoms with Gasteiger partial charge in [-0.1, -0.05) is 15.9 Å². The number of ether oxygens (including phenoxy) is 1. The molecule has 0 aromatic rings. The van der Waals surface area contributed by atoms with Crippen molar-refractivity contribution in [3.8, 4) is 0 Å². The summed E-state index contributed by atoms with van der Waals surface area (Å²) in [7, 11) is -2.42. The van der Waals surface area contributed by atoms with E-state index in [9.17, 15) is 9.59 Å². The van der Waals surface area contributed by atoms with Crippen LogP contribution in [0.3, 0.4) is 0 Å². The van der Waals surface area contributed by atoms with Gasteiger partial charge in [0.2, 0.25) is 0 Å². The molecule has 0 unspecified atom stereocenters. The number of carbonyl (C=O) groups excluding carboxylic acids is 1. The van der Waals surface area contributed by atoms with E-state index in [1.165, 1.54) is 0 Å². The van der Waals surface area contributed by atoms with Crippen molar-refractivity contribution in [1.82, 2.24) is 0 Å². The van der Waals surface area contributed by atoms with Gasteiger partial charge in [-0.15, -0.1) is 0 Å². The van der Waals surface area contributed by atoms with Gasteiger partial charge in [0.1, 0.15) is 6.61 Å². The number of carbonyl (C=O) groups is 2. The van der Waals surface area contributed by atoms with Crippen molar-refractivity contribution in [3.05, 3.63) is 0 Å². The first kappa shape index (κ1) is 19.5. The molecule has 0 amide bonds. The van der Waals surface area contributed by atoms with Crippen molar-refractivity contribution >= 4 is 35.2 Å². The molecule has 76 valence electrons. The van der Waals surface area contributed by atoms with Crippen LogP contribution in [0.25, 0.3) is 0 Å². The van der Waals surface area contributed by atoms with Gasteiger partial charge in [-0.05, 0) is 0 Å². The first-order chi connectivity index (χ1) is 5.91. The summed E-state index contributed by atoms with van der Waals surface area (Å²) < 4.78 is 4.17. The second-order valence-electron chi connectivity index (χ2n) is 1.46. The minimum Gasteiger partial charge on any atom is -0.832 e. The van der Waals surface area contributed by atoms with Gasteiger partial charge in [0.15, 0.2) is 0 Å². The molecular formula is C4H7BBrLiO7. The predicted molar refractivity (Wildman–Crippen MR) is 42.6 cm³/mol. The summed E-state index contributed by atoms with van der Waals surface area (Å²) in [6.45, 7) is 0.0884. The molecule has 10 heteroatoms. The maximum absolute atomic E-state index is 10.1. The smallest absolute Gasteiger partial charge is 0.832 e. The molecule has 7 nitrogen and oxygen atoms in total. The van der Waals surface area contributed by atoms with Crippen LogP contribution in [0.2, 0.25) is 0 Å². The third kappa shape index (κ3) is 22.7. The Kier molecular flexibility index (Phi) is 18.1. The van der Waals surface area contributed by atoms with E-state index in [4.69, 9.17) is 20.2 Å². The molecule has 0 heterocycles. The van der Waals surface area contributed by atoms with Crippen molar-refractivity contribution in [2.75, 3.05) is 11.9 Å². The Balaban J connectivity index is -0.000000209.